The predicted molar refractivity (Wildman–Crippen MR) is 83.2 cm³/mol. The number of aromatic amines is 1. The summed E-state index contributed by atoms with van der Waals surface area (Å²) in [7, 11) is 2.16. The van der Waals surface area contributed by atoms with Crippen molar-refractivity contribution >= 4 is 22.3 Å². The summed E-state index contributed by atoms with van der Waals surface area (Å²) >= 11 is 0. The van der Waals surface area contributed by atoms with Gasteiger partial charge in [0, 0.05) is 41.6 Å². The smallest absolute Gasteiger partial charge is 0.0455 e. The molecule has 3 nitrogen and oxygen atoms in total. The first kappa shape index (κ1) is 11.6. The second-order valence-electron chi connectivity index (χ2n) is 5.56. The van der Waals surface area contributed by atoms with Gasteiger partial charge in [-0.1, -0.05) is 6.07 Å². The Labute approximate surface area is 118 Å². The van der Waals surface area contributed by atoms with E-state index in [0.717, 1.165) is 24.5 Å². The summed E-state index contributed by atoms with van der Waals surface area (Å²) in [5, 5.41) is 4.73. The lowest BCUT2D eigenvalue weighted by molar-refractivity contribution is 0.353. The van der Waals surface area contributed by atoms with E-state index in [9.17, 15) is 0 Å². The second kappa shape index (κ2) is 4.39. The van der Waals surface area contributed by atoms with Gasteiger partial charge >= 0.3 is 0 Å². The quantitative estimate of drug-likeness (QED) is 0.735. The van der Waals surface area contributed by atoms with Crippen LogP contribution in [0.3, 0.4) is 0 Å². The molecular weight excluding hydrogens is 246 g/mol. The van der Waals surface area contributed by atoms with Crippen LogP contribution in [0.25, 0.3) is 10.9 Å². The highest BCUT2D eigenvalue weighted by Gasteiger charge is 2.15. The molecule has 3 aromatic rings. The minimum absolute atomic E-state index is 1.04. The molecule has 3 heteroatoms. The fourth-order valence-corrected chi connectivity index (χ4v) is 2.94. The Morgan fingerprint density at radius 2 is 1.75 bits per heavy atom. The van der Waals surface area contributed by atoms with Gasteiger partial charge in [-0.05, 0) is 54.6 Å². The van der Waals surface area contributed by atoms with Crippen molar-refractivity contribution in [2.24, 2.45) is 0 Å². The van der Waals surface area contributed by atoms with Gasteiger partial charge in [-0.2, -0.15) is 0 Å². The number of anilines is 2. The molecule has 0 atom stereocenters. The van der Waals surface area contributed by atoms with E-state index in [1.807, 2.05) is 6.20 Å². The molecule has 100 valence electrons. The highest BCUT2D eigenvalue weighted by molar-refractivity contribution is 5.84. The van der Waals surface area contributed by atoms with E-state index in [2.05, 4.69) is 64.7 Å². The lowest BCUT2D eigenvalue weighted by Gasteiger charge is -2.08. The summed E-state index contributed by atoms with van der Waals surface area (Å²) in [6.45, 7) is 2.10. The third-order valence-corrected chi connectivity index (χ3v) is 3.93. The van der Waals surface area contributed by atoms with Crippen molar-refractivity contribution in [2.45, 2.75) is 13.1 Å². The van der Waals surface area contributed by atoms with E-state index in [0.29, 0.717) is 0 Å². The second-order valence-corrected chi connectivity index (χ2v) is 5.56. The molecule has 0 unspecified atom stereocenters. The largest absolute Gasteiger partial charge is 0.361 e. The average molecular weight is 263 g/mol. The maximum Gasteiger partial charge on any atom is 0.0455 e. The molecule has 2 aromatic carbocycles. The summed E-state index contributed by atoms with van der Waals surface area (Å²) in [4.78, 5) is 5.55. The molecule has 1 aliphatic rings. The number of hydrogen-bond acceptors (Lipinski definition) is 2. The van der Waals surface area contributed by atoms with Crippen molar-refractivity contribution in [3.8, 4) is 0 Å². The van der Waals surface area contributed by atoms with E-state index in [1.54, 1.807) is 0 Å². The highest BCUT2D eigenvalue weighted by Crippen LogP contribution is 2.27. The van der Waals surface area contributed by atoms with Crippen molar-refractivity contribution in [1.82, 2.24) is 9.88 Å². The Hall–Kier alpha value is -2.26. The van der Waals surface area contributed by atoms with Crippen molar-refractivity contribution in [3.63, 3.8) is 0 Å². The Morgan fingerprint density at radius 3 is 2.70 bits per heavy atom. The Balaban J connectivity index is 1.64. The van der Waals surface area contributed by atoms with Gasteiger partial charge in [0.15, 0.2) is 0 Å². The molecule has 4 rings (SSSR count). The first-order chi connectivity index (χ1) is 9.78. The molecule has 1 aliphatic heterocycles. The SMILES string of the molecule is CN1Cc2ccc(Nc3ccc4[nH]ccc4c3)cc2C1. The summed E-state index contributed by atoms with van der Waals surface area (Å²) in [6.07, 6.45) is 1.97. The first-order valence-electron chi connectivity index (χ1n) is 6.92. The monoisotopic (exact) mass is 263 g/mol. The number of benzene rings is 2. The van der Waals surface area contributed by atoms with E-state index in [1.165, 1.54) is 22.0 Å². The van der Waals surface area contributed by atoms with Crippen LogP contribution in [-0.2, 0) is 13.1 Å². The molecule has 0 saturated carbocycles. The van der Waals surface area contributed by atoms with Crippen LogP contribution in [0.4, 0.5) is 11.4 Å². The molecule has 0 radical (unpaired) electrons. The van der Waals surface area contributed by atoms with E-state index < -0.39 is 0 Å². The summed E-state index contributed by atoms with van der Waals surface area (Å²) in [5.41, 5.74) is 6.34. The minimum Gasteiger partial charge on any atom is -0.361 e. The highest BCUT2D eigenvalue weighted by atomic mass is 15.1. The molecule has 0 saturated heterocycles. The van der Waals surface area contributed by atoms with Crippen molar-refractivity contribution in [2.75, 3.05) is 12.4 Å². The summed E-state index contributed by atoms with van der Waals surface area (Å²) < 4.78 is 0. The Bertz CT molecular complexity index is 773. The van der Waals surface area contributed by atoms with Crippen LogP contribution in [-0.4, -0.2) is 16.9 Å². The number of nitrogens with one attached hydrogen (secondary N) is 2. The van der Waals surface area contributed by atoms with E-state index in [4.69, 9.17) is 0 Å². The molecule has 2 heterocycles. The van der Waals surface area contributed by atoms with Crippen molar-refractivity contribution in [1.29, 1.82) is 0 Å². The van der Waals surface area contributed by atoms with E-state index >= 15 is 0 Å². The number of nitrogens with zero attached hydrogens (tertiary/aromatic N) is 1. The van der Waals surface area contributed by atoms with Gasteiger partial charge in [0.1, 0.15) is 0 Å². The standard InChI is InChI=1S/C17H17N3/c1-20-10-13-2-3-15(9-14(13)11-20)19-16-4-5-17-12(8-16)6-7-18-17/h2-9,18-19H,10-11H2,1H3. The van der Waals surface area contributed by atoms with Gasteiger partial charge in [0.25, 0.3) is 0 Å². The van der Waals surface area contributed by atoms with Crippen LogP contribution in [0.2, 0.25) is 0 Å². The van der Waals surface area contributed by atoms with Gasteiger partial charge in [-0.15, -0.1) is 0 Å². The number of H-pyrrole nitrogens is 1. The minimum atomic E-state index is 1.04. The fourth-order valence-electron chi connectivity index (χ4n) is 2.94. The lowest BCUT2D eigenvalue weighted by atomic mass is 10.1. The topological polar surface area (TPSA) is 31.1 Å². The van der Waals surface area contributed by atoms with Crippen LogP contribution >= 0.6 is 0 Å². The van der Waals surface area contributed by atoms with Gasteiger partial charge in [-0.25, -0.2) is 0 Å². The number of rotatable bonds is 2. The fraction of sp³-hybridized carbons (Fsp3) is 0.176. The van der Waals surface area contributed by atoms with E-state index in [-0.39, 0.29) is 0 Å². The Kier molecular flexibility index (Phi) is 2.54. The van der Waals surface area contributed by atoms with Crippen LogP contribution < -0.4 is 5.32 Å². The molecule has 0 aliphatic carbocycles. The molecule has 0 bridgehead atoms. The normalized spacial score (nSPS) is 14.7. The number of aromatic nitrogens is 1. The molecule has 0 fully saturated rings. The van der Waals surface area contributed by atoms with Gasteiger partial charge in [0.2, 0.25) is 0 Å². The van der Waals surface area contributed by atoms with Gasteiger partial charge in [-0.3, -0.25) is 4.90 Å². The zero-order chi connectivity index (χ0) is 13.5. The van der Waals surface area contributed by atoms with Gasteiger partial charge < -0.3 is 10.3 Å². The first-order valence-corrected chi connectivity index (χ1v) is 6.92. The molecule has 0 spiro atoms. The summed E-state index contributed by atoms with van der Waals surface area (Å²) in [6, 6.07) is 15.1. The van der Waals surface area contributed by atoms with Crippen LogP contribution in [0.1, 0.15) is 11.1 Å². The Morgan fingerprint density at radius 1 is 0.950 bits per heavy atom. The number of hydrogen-bond donors (Lipinski definition) is 2. The lowest BCUT2D eigenvalue weighted by Crippen LogP contribution is -2.07. The van der Waals surface area contributed by atoms with Crippen molar-refractivity contribution in [3.05, 3.63) is 59.8 Å². The third-order valence-electron chi connectivity index (χ3n) is 3.93. The maximum atomic E-state index is 3.50. The predicted octanol–water partition coefficient (Wildman–Crippen LogP) is 3.86. The van der Waals surface area contributed by atoms with Gasteiger partial charge in [0.05, 0.1) is 0 Å². The van der Waals surface area contributed by atoms with Crippen LogP contribution in [0.5, 0.6) is 0 Å². The van der Waals surface area contributed by atoms with Crippen LogP contribution in [0, 0.1) is 0 Å². The summed E-state index contributed by atoms with van der Waals surface area (Å²) in [5.74, 6) is 0. The molecule has 0 amide bonds. The van der Waals surface area contributed by atoms with Crippen LogP contribution in [0.15, 0.2) is 48.7 Å². The zero-order valence-electron chi connectivity index (χ0n) is 11.5. The third kappa shape index (κ3) is 1.96. The van der Waals surface area contributed by atoms with Crippen molar-refractivity contribution < 1.29 is 0 Å². The average Bonchev–Trinajstić information content (AvgIpc) is 3.02. The zero-order valence-corrected chi connectivity index (χ0v) is 11.5. The number of fused-ring (bicyclic) bond motifs is 2. The maximum absolute atomic E-state index is 3.50. The molecular formula is C17H17N3. The molecule has 1 aromatic heterocycles. The molecule has 2 N–H and O–H groups in total. The molecule has 20 heavy (non-hydrogen) atoms.